The van der Waals surface area contributed by atoms with E-state index in [0.29, 0.717) is 17.0 Å². The van der Waals surface area contributed by atoms with Gasteiger partial charge in [-0.3, -0.25) is 0 Å². The zero-order valence-corrected chi connectivity index (χ0v) is 11.2. The summed E-state index contributed by atoms with van der Waals surface area (Å²) in [6.45, 7) is 1.87. The lowest BCUT2D eigenvalue weighted by molar-refractivity contribution is 0.578. The number of hydrogen-bond donors (Lipinski definition) is 1. The van der Waals surface area contributed by atoms with Gasteiger partial charge in [-0.15, -0.1) is 0 Å². The van der Waals surface area contributed by atoms with E-state index in [0.717, 1.165) is 11.1 Å². The maximum atomic E-state index is 13.7. The molecule has 0 radical (unpaired) electrons. The van der Waals surface area contributed by atoms with E-state index in [-0.39, 0.29) is 5.82 Å². The summed E-state index contributed by atoms with van der Waals surface area (Å²) >= 11 is 5.84. The van der Waals surface area contributed by atoms with Crippen LogP contribution in [0.5, 0.6) is 0 Å². The summed E-state index contributed by atoms with van der Waals surface area (Å²) in [6.07, 6.45) is 0.362. The lowest BCUT2D eigenvalue weighted by atomic mass is 9.96. The van der Waals surface area contributed by atoms with E-state index in [1.165, 1.54) is 30.3 Å². The van der Waals surface area contributed by atoms with Crippen LogP contribution in [0.25, 0.3) is 0 Å². The van der Waals surface area contributed by atoms with Crippen LogP contribution in [0, 0.1) is 18.6 Å². The first kappa shape index (κ1) is 14.0. The minimum absolute atomic E-state index is 0.320. The highest BCUT2D eigenvalue weighted by molar-refractivity contribution is 6.30. The molecule has 0 aromatic heterocycles. The molecule has 0 fully saturated rings. The van der Waals surface area contributed by atoms with Gasteiger partial charge in [-0.25, -0.2) is 8.78 Å². The second kappa shape index (κ2) is 5.68. The average molecular weight is 282 g/mol. The maximum Gasteiger partial charge on any atom is 0.128 e. The fourth-order valence-electron chi connectivity index (χ4n) is 2.01. The van der Waals surface area contributed by atoms with Gasteiger partial charge < -0.3 is 5.73 Å². The van der Waals surface area contributed by atoms with Crippen LogP contribution in [0.4, 0.5) is 8.78 Å². The van der Waals surface area contributed by atoms with Crippen molar-refractivity contribution in [2.24, 2.45) is 5.73 Å². The first-order chi connectivity index (χ1) is 8.97. The van der Waals surface area contributed by atoms with Crippen LogP contribution in [0.1, 0.15) is 22.7 Å². The topological polar surface area (TPSA) is 26.0 Å². The van der Waals surface area contributed by atoms with Crippen molar-refractivity contribution in [3.8, 4) is 0 Å². The van der Waals surface area contributed by atoms with Crippen molar-refractivity contribution < 1.29 is 8.78 Å². The second-order valence-electron chi connectivity index (χ2n) is 4.55. The van der Waals surface area contributed by atoms with Crippen LogP contribution in [0.2, 0.25) is 5.02 Å². The second-order valence-corrected chi connectivity index (χ2v) is 4.98. The largest absolute Gasteiger partial charge is 0.324 e. The molecule has 2 aromatic carbocycles. The van der Waals surface area contributed by atoms with Gasteiger partial charge in [0.1, 0.15) is 11.6 Å². The highest BCUT2D eigenvalue weighted by Crippen LogP contribution is 2.24. The Morgan fingerprint density at radius 1 is 1.16 bits per heavy atom. The molecule has 0 aliphatic rings. The number of rotatable bonds is 3. The number of aryl methyl sites for hydroxylation is 1. The minimum atomic E-state index is -0.556. The van der Waals surface area contributed by atoms with Crippen LogP contribution >= 0.6 is 11.6 Å². The summed E-state index contributed by atoms with van der Waals surface area (Å²) in [5.41, 5.74) is 8.04. The Bertz CT molecular complexity index is 599. The lowest BCUT2D eigenvalue weighted by Crippen LogP contribution is -2.15. The summed E-state index contributed by atoms with van der Waals surface area (Å²) in [5.74, 6) is -0.717. The van der Waals surface area contributed by atoms with E-state index in [1.54, 1.807) is 6.07 Å². The van der Waals surface area contributed by atoms with Crippen LogP contribution in [0.3, 0.4) is 0 Å². The van der Waals surface area contributed by atoms with Crippen molar-refractivity contribution in [2.75, 3.05) is 0 Å². The molecule has 0 amide bonds. The van der Waals surface area contributed by atoms with Crippen LogP contribution in [-0.2, 0) is 6.42 Å². The summed E-state index contributed by atoms with van der Waals surface area (Å²) in [5, 5.41) is 0.433. The van der Waals surface area contributed by atoms with Crippen molar-refractivity contribution in [3.63, 3.8) is 0 Å². The molecule has 2 N–H and O–H groups in total. The monoisotopic (exact) mass is 281 g/mol. The molecule has 0 saturated heterocycles. The molecular formula is C15H14ClF2N. The van der Waals surface area contributed by atoms with E-state index in [9.17, 15) is 8.78 Å². The van der Waals surface area contributed by atoms with Crippen molar-refractivity contribution >= 4 is 11.6 Å². The predicted octanol–water partition coefficient (Wildman–Crippen LogP) is 4.17. The zero-order valence-electron chi connectivity index (χ0n) is 10.5. The van der Waals surface area contributed by atoms with Crippen molar-refractivity contribution in [1.82, 2.24) is 0 Å². The van der Waals surface area contributed by atoms with Gasteiger partial charge in [0.25, 0.3) is 0 Å². The fraction of sp³-hybridized carbons (Fsp3) is 0.200. The van der Waals surface area contributed by atoms with Gasteiger partial charge >= 0.3 is 0 Å². The Hall–Kier alpha value is -1.45. The lowest BCUT2D eigenvalue weighted by Gasteiger charge is -2.15. The minimum Gasteiger partial charge on any atom is -0.324 e. The van der Waals surface area contributed by atoms with E-state index in [1.807, 2.05) is 6.92 Å². The van der Waals surface area contributed by atoms with Gasteiger partial charge in [-0.1, -0.05) is 17.7 Å². The third kappa shape index (κ3) is 3.31. The van der Waals surface area contributed by atoms with Gasteiger partial charge in [0, 0.05) is 16.6 Å². The molecule has 19 heavy (non-hydrogen) atoms. The Kier molecular flexibility index (Phi) is 4.17. The number of hydrogen-bond acceptors (Lipinski definition) is 1. The molecule has 0 spiro atoms. The molecule has 2 rings (SSSR count). The molecular weight excluding hydrogens is 268 g/mol. The van der Waals surface area contributed by atoms with Gasteiger partial charge in [0.05, 0.1) is 0 Å². The Balaban J connectivity index is 2.27. The Labute approximate surface area is 116 Å². The molecule has 100 valence electrons. The van der Waals surface area contributed by atoms with Crippen molar-refractivity contribution in [3.05, 3.63) is 69.7 Å². The Morgan fingerprint density at radius 2 is 1.89 bits per heavy atom. The normalized spacial score (nSPS) is 12.5. The zero-order chi connectivity index (χ0) is 14.0. The highest BCUT2D eigenvalue weighted by atomic mass is 35.5. The van der Waals surface area contributed by atoms with E-state index in [4.69, 9.17) is 17.3 Å². The molecule has 2 aromatic rings. The summed E-state index contributed by atoms with van der Waals surface area (Å²) in [6, 6.07) is 8.22. The third-order valence-corrected chi connectivity index (χ3v) is 3.34. The summed E-state index contributed by atoms with van der Waals surface area (Å²) in [7, 11) is 0. The molecule has 0 bridgehead atoms. The number of nitrogens with two attached hydrogens (primary N) is 1. The van der Waals surface area contributed by atoms with Crippen LogP contribution < -0.4 is 5.73 Å². The molecule has 0 aliphatic carbocycles. The molecule has 1 atom stereocenters. The molecule has 0 aliphatic heterocycles. The Morgan fingerprint density at radius 3 is 2.63 bits per heavy atom. The molecule has 1 nitrogen and oxygen atoms in total. The van der Waals surface area contributed by atoms with Crippen LogP contribution in [0.15, 0.2) is 36.4 Å². The van der Waals surface area contributed by atoms with E-state index in [2.05, 4.69) is 0 Å². The van der Waals surface area contributed by atoms with Gasteiger partial charge in [0.2, 0.25) is 0 Å². The first-order valence-corrected chi connectivity index (χ1v) is 6.30. The number of halogens is 3. The predicted molar refractivity (Wildman–Crippen MR) is 73.2 cm³/mol. The fourth-order valence-corrected chi connectivity index (χ4v) is 2.19. The quantitative estimate of drug-likeness (QED) is 0.898. The van der Waals surface area contributed by atoms with Gasteiger partial charge in [-0.05, 0) is 54.8 Å². The maximum absolute atomic E-state index is 13.7. The molecule has 0 saturated carbocycles. The van der Waals surface area contributed by atoms with Crippen molar-refractivity contribution in [2.45, 2.75) is 19.4 Å². The molecule has 0 heterocycles. The van der Waals surface area contributed by atoms with Crippen molar-refractivity contribution in [1.29, 1.82) is 0 Å². The SMILES string of the molecule is Cc1ccc(F)cc1CC(N)c1cc(Cl)ccc1F. The molecule has 1 unspecified atom stereocenters. The van der Waals surface area contributed by atoms with Gasteiger partial charge in [0.15, 0.2) is 0 Å². The smallest absolute Gasteiger partial charge is 0.128 e. The summed E-state index contributed by atoms with van der Waals surface area (Å²) < 4.78 is 26.9. The van der Waals surface area contributed by atoms with E-state index < -0.39 is 11.9 Å². The van der Waals surface area contributed by atoms with Gasteiger partial charge in [-0.2, -0.15) is 0 Å². The first-order valence-electron chi connectivity index (χ1n) is 5.93. The number of benzene rings is 2. The highest BCUT2D eigenvalue weighted by Gasteiger charge is 2.14. The summed E-state index contributed by atoms with van der Waals surface area (Å²) in [4.78, 5) is 0. The standard InChI is InChI=1S/C15H14ClF2N/c1-9-2-4-12(17)6-10(9)7-15(19)13-8-11(16)3-5-14(13)18/h2-6,8,15H,7,19H2,1H3. The third-order valence-electron chi connectivity index (χ3n) is 3.11. The van der Waals surface area contributed by atoms with Crippen LogP contribution in [-0.4, -0.2) is 0 Å². The molecule has 4 heteroatoms. The average Bonchev–Trinajstić information content (AvgIpc) is 2.36. The van der Waals surface area contributed by atoms with E-state index >= 15 is 0 Å².